The SMILES string of the molecule is CCN(CC)CCN/C(S)=N/N=C1\CC[C@H](C)\C1=N/N=C(\S)NCCN(CC)CC. The van der Waals surface area contributed by atoms with Crippen molar-refractivity contribution in [1.29, 1.82) is 0 Å². The van der Waals surface area contributed by atoms with Gasteiger partial charge in [-0.25, -0.2) is 0 Å². The number of nitrogens with zero attached hydrogens (tertiary/aromatic N) is 6. The second-order valence-corrected chi connectivity index (χ2v) is 8.07. The molecule has 0 unspecified atom stereocenters. The van der Waals surface area contributed by atoms with Crippen LogP contribution >= 0.6 is 25.3 Å². The van der Waals surface area contributed by atoms with Crippen molar-refractivity contribution in [2.24, 2.45) is 26.3 Å². The highest BCUT2D eigenvalue weighted by molar-refractivity contribution is 7.97. The van der Waals surface area contributed by atoms with Crippen molar-refractivity contribution in [2.45, 2.75) is 47.5 Å². The standard InChI is InChI=1S/C20H40N8S2/c1-6-27(7-2)14-12-21-19(29)25-23-17-11-10-16(5)18(17)24-26-20(30)22-13-15-28(8-3)9-4/h16H,6-15H2,1-5H3,(H2,21,25,29)(H2,22,26,30)/b23-17+,24-18+/t16-/m0/s1. The van der Waals surface area contributed by atoms with Gasteiger partial charge < -0.3 is 20.4 Å². The zero-order chi connectivity index (χ0) is 22.4. The maximum absolute atomic E-state index is 4.41. The van der Waals surface area contributed by atoms with Crippen LogP contribution in [-0.2, 0) is 0 Å². The molecule has 1 aliphatic carbocycles. The Hall–Kier alpha value is -1.10. The molecule has 0 heterocycles. The van der Waals surface area contributed by atoms with Gasteiger partial charge in [-0.3, -0.25) is 0 Å². The van der Waals surface area contributed by atoms with Gasteiger partial charge >= 0.3 is 0 Å². The van der Waals surface area contributed by atoms with Crippen molar-refractivity contribution < 1.29 is 0 Å². The quantitative estimate of drug-likeness (QED) is 0.157. The lowest BCUT2D eigenvalue weighted by atomic mass is 10.1. The Morgan fingerprint density at radius 1 is 0.867 bits per heavy atom. The Labute approximate surface area is 193 Å². The third-order valence-electron chi connectivity index (χ3n) is 5.31. The first-order chi connectivity index (χ1) is 14.4. The molecule has 1 atom stereocenters. The summed E-state index contributed by atoms with van der Waals surface area (Å²) < 4.78 is 0. The van der Waals surface area contributed by atoms with Crippen LogP contribution in [-0.4, -0.2) is 83.9 Å². The molecule has 0 aromatic rings. The second kappa shape index (κ2) is 15.7. The Morgan fingerprint density at radius 3 is 1.80 bits per heavy atom. The largest absolute Gasteiger partial charge is 0.362 e. The van der Waals surface area contributed by atoms with Gasteiger partial charge in [-0.1, -0.05) is 34.6 Å². The molecule has 8 nitrogen and oxygen atoms in total. The van der Waals surface area contributed by atoms with Crippen molar-refractivity contribution in [3.8, 4) is 0 Å². The van der Waals surface area contributed by atoms with Gasteiger partial charge in [-0.2, -0.15) is 10.2 Å². The fourth-order valence-corrected chi connectivity index (χ4v) is 3.48. The van der Waals surface area contributed by atoms with E-state index in [2.05, 4.69) is 101 Å². The van der Waals surface area contributed by atoms with Crippen molar-refractivity contribution in [3.63, 3.8) is 0 Å². The zero-order valence-electron chi connectivity index (χ0n) is 19.2. The van der Waals surface area contributed by atoms with Crippen LogP contribution in [0.5, 0.6) is 0 Å². The first-order valence-corrected chi connectivity index (χ1v) is 11.9. The van der Waals surface area contributed by atoms with Gasteiger partial charge in [0.1, 0.15) is 0 Å². The summed E-state index contributed by atoms with van der Waals surface area (Å²) >= 11 is 8.79. The predicted molar refractivity (Wildman–Crippen MR) is 138 cm³/mol. The van der Waals surface area contributed by atoms with E-state index in [1.807, 2.05) is 0 Å². The summed E-state index contributed by atoms with van der Waals surface area (Å²) in [5.41, 5.74) is 1.74. The number of likely N-dealkylation sites (N-methyl/N-ethyl adjacent to an activating group) is 2. The van der Waals surface area contributed by atoms with Crippen LogP contribution in [0.15, 0.2) is 20.4 Å². The highest BCUT2D eigenvalue weighted by atomic mass is 32.1. The van der Waals surface area contributed by atoms with Crippen molar-refractivity contribution in [2.75, 3.05) is 52.4 Å². The summed E-state index contributed by atoms with van der Waals surface area (Å²) in [6, 6.07) is 0. The number of amidine groups is 2. The van der Waals surface area contributed by atoms with Gasteiger partial charge in [0.25, 0.3) is 0 Å². The number of hydrogen-bond acceptors (Lipinski definition) is 6. The van der Waals surface area contributed by atoms with Crippen LogP contribution in [0.25, 0.3) is 0 Å². The van der Waals surface area contributed by atoms with Gasteiger partial charge in [0.2, 0.25) is 0 Å². The normalized spacial score (nSPS) is 20.8. The minimum atomic E-state index is 0.304. The number of hydrogen-bond donors (Lipinski definition) is 4. The molecule has 1 rings (SSSR count). The summed E-state index contributed by atoms with van der Waals surface area (Å²) in [5, 5.41) is 24.7. The first-order valence-electron chi connectivity index (χ1n) is 11.1. The number of thiol groups is 2. The van der Waals surface area contributed by atoms with Gasteiger partial charge in [0.05, 0.1) is 11.4 Å². The van der Waals surface area contributed by atoms with Crippen LogP contribution in [0, 0.1) is 5.92 Å². The van der Waals surface area contributed by atoms with E-state index in [0.717, 1.165) is 76.6 Å². The molecule has 0 aromatic heterocycles. The maximum Gasteiger partial charge on any atom is 0.180 e. The van der Waals surface area contributed by atoms with Crippen LogP contribution in [0.1, 0.15) is 47.5 Å². The summed E-state index contributed by atoms with van der Waals surface area (Å²) in [5.74, 6) is 0.304. The molecule has 1 aliphatic rings. The topological polar surface area (TPSA) is 80.0 Å². The molecular formula is C20H40N8S2. The molecule has 2 N–H and O–H groups in total. The summed E-state index contributed by atoms with van der Waals surface area (Å²) in [7, 11) is 0. The number of nitrogens with one attached hydrogen (secondary N) is 2. The average Bonchev–Trinajstić information content (AvgIpc) is 3.10. The molecular weight excluding hydrogens is 416 g/mol. The van der Waals surface area contributed by atoms with E-state index in [-0.39, 0.29) is 0 Å². The van der Waals surface area contributed by atoms with E-state index in [1.54, 1.807) is 0 Å². The van der Waals surface area contributed by atoms with Crippen molar-refractivity contribution >= 4 is 47.0 Å². The first kappa shape index (κ1) is 26.9. The van der Waals surface area contributed by atoms with Crippen LogP contribution in [0.3, 0.4) is 0 Å². The molecule has 0 saturated heterocycles. The van der Waals surface area contributed by atoms with Gasteiger partial charge in [-0.05, 0) is 39.0 Å². The van der Waals surface area contributed by atoms with Gasteiger partial charge in [0.15, 0.2) is 10.3 Å². The minimum Gasteiger partial charge on any atom is -0.362 e. The van der Waals surface area contributed by atoms with Gasteiger partial charge in [0, 0.05) is 32.1 Å². The molecule has 0 aliphatic heterocycles. The second-order valence-electron chi connectivity index (χ2n) is 7.23. The average molecular weight is 457 g/mol. The Balaban J connectivity index is 2.63. The summed E-state index contributed by atoms with van der Waals surface area (Å²) in [6.45, 7) is 18.4. The van der Waals surface area contributed by atoms with Crippen LogP contribution in [0.4, 0.5) is 0 Å². The van der Waals surface area contributed by atoms with E-state index in [1.165, 1.54) is 0 Å². The Kier molecular flexibility index (Phi) is 14.1. The summed E-state index contributed by atoms with van der Waals surface area (Å²) in [4.78, 5) is 4.68. The molecule has 0 amide bonds. The highest BCUT2D eigenvalue weighted by Crippen LogP contribution is 2.21. The van der Waals surface area contributed by atoms with Crippen molar-refractivity contribution in [1.82, 2.24) is 20.4 Å². The molecule has 0 radical (unpaired) electrons. The fraction of sp³-hybridized carbons (Fsp3) is 0.800. The monoisotopic (exact) mass is 456 g/mol. The van der Waals surface area contributed by atoms with E-state index in [4.69, 9.17) is 0 Å². The molecule has 1 saturated carbocycles. The molecule has 30 heavy (non-hydrogen) atoms. The smallest absolute Gasteiger partial charge is 0.180 e. The Morgan fingerprint density at radius 2 is 1.33 bits per heavy atom. The van der Waals surface area contributed by atoms with E-state index >= 15 is 0 Å². The fourth-order valence-electron chi connectivity index (χ4n) is 3.17. The van der Waals surface area contributed by atoms with E-state index < -0.39 is 0 Å². The predicted octanol–water partition coefficient (Wildman–Crippen LogP) is 2.56. The Bertz CT molecular complexity index is 610. The molecule has 0 spiro atoms. The lowest BCUT2D eigenvalue weighted by molar-refractivity contribution is 0.309. The van der Waals surface area contributed by atoms with Gasteiger partial charge in [-0.15, -0.1) is 35.5 Å². The maximum atomic E-state index is 4.41. The molecule has 0 aromatic carbocycles. The zero-order valence-corrected chi connectivity index (χ0v) is 21.0. The lowest BCUT2D eigenvalue weighted by Gasteiger charge is -2.17. The third kappa shape index (κ3) is 10.3. The lowest BCUT2D eigenvalue weighted by Crippen LogP contribution is -2.33. The van der Waals surface area contributed by atoms with E-state index in [9.17, 15) is 0 Å². The molecule has 0 bridgehead atoms. The highest BCUT2D eigenvalue weighted by Gasteiger charge is 2.25. The molecule has 10 heteroatoms. The molecule has 1 fully saturated rings. The summed E-state index contributed by atoms with van der Waals surface area (Å²) in [6.07, 6.45) is 1.84. The third-order valence-corrected chi connectivity index (χ3v) is 5.80. The number of rotatable bonds is 12. The minimum absolute atomic E-state index is 0.304. The molecule has 172 valence electrons. The van der Waals surface area contributed by atoms with Crippen LogP contribution < -0.4 is 10.6 Å². The van der Waals surface area contributed by atoms with Crippen molar-refractivity contribution in [3.05, 3.63) is 0 Å². The van der Waals surface area contributed by atoms with Crippen LogP contribution in [0.2, 0.25) is 0 Å². The van der Waals surface area contributed by atoms with E-state index in [0.29, 0.717) is 16.3 Å².